The van der Waals surface area contributed by atoms with Gasteiger partial charge in [-0.2, -0.15) is 5.10 Å². The van der Waals surface area contributed by atoms with Crippen molar-refractivity contribution < 1.29 is 0 Å². The number of hydrogen-bond donors (Lipinski definition) is 1. The first kappa shape index (κ1) is 7.56. The number of aryl methyl sites for hydroxylation is 1. The van der Waals surface area contributed by atoms with Crippen LogP contribution in [0.25, 0.3) is 0 Å². The molecule has 2 aliphatic rings. The van der Waals surface area contributed by atoms with E-state index < -0.39 is 0 Å². The molecule has 0 aliphatic heterocycles. The zero-order chi connectivity index (χ0) is 8.84. The van der Waals surface area contributed by atoms with E-state index in [0.29, 0.717) is 0 Å². The van der Waals surface area contributed by atoms with E-state index in [2.05, 4.69) is 16.6 Å². The molecule has 2 atom stereocenters. The van der Waals surface area contributed by atoms with Crippen LogP contribution < -0.4 is 5.32 Å². The topological polar surface area (TPSA) is 29.9 Å². The van der Waals surface area contributed by atoms with Crippen LogP contribution in [0.15, 0.2) is 12.4 Å². The van der Waals surface area contributed by atoms with Crippen LogP contribution in [0.2, 0.25) is 0 Å². The minimum atomic E-state index is 0.745. The van der Waals surface area contributed by atoms with E-state index >= 15 is 0 Å². The molecule has 0 spiro atoms. The second-order valence-electron chi connectivity index (χ2n) is 4.34. The van der Waals surface area contributed by atoms with Crippen molar-refractivity contribution in [3.05, 3.63) is 18.0 Å². The Bertz CT molecular complexity index is 314. The van der Waals surface area contributed by atoms with Gasteiger partial charge in [-0.1, -0.05) is 0 Å². The molecule has 1 aromatic heterocycles. The Hall–Kier alpha value is -0.830. The van der Waals surface area contributed by atoms with Crippen LogP contribution in [0.5, 0.6) is 0 Å². The summed E-state index contributed by atoms with van der Waals surface area (Å²) >= 11 is 0. The predicted molar refractivity (Wildman–Crippen MR) is 50.5 cm³/mol. The van der Waals surface area contributed by atoms with Gasteiger partial charge in [-0.05, 0) is 24.8 Å². The summed E-state index contributed by atoms with van der Waals surface area (Å²) in [7, 11) is 1.98. The SMILES string of the molecule is Cn1cc([C@H]2C[C@@H]2NC2CC2)cn1. The molecule has 0 bridgehead atoms. The Morgan fingerprint density at radius 2 is 2.38 bits per heavy atom. The summed E-state index contributed by atoms with van der Waals surface area (Å²) in [4.78, 5) is 0. The maximum atomic E-state index is 4.20. The van der Waals surface area contributed by atoms with Crippen molar-refractivity contribution in [1.82, 2.24) is 15.1 Å². The van der Waals surface area contributed by atoms with Crippen LogP contribution in [0.4, 0.5) is 0 Å². The number of rotatable bonds is 3. The van der Waals surface area contributed by atoms with Gasteiger partial charge in [-0.3, -0.25) is 4.68 Å². The average molecular weight is 177 g/mol. The molecule has 3 rings (SSSR count). The Kier molecular flexibility index (Phi) is 1.50. The van der Waals surface area contributed by atoms with E-state index in [1.165, 1.54) is 24.8 Å². The molecule has 1 heterocycles. The normalized spacial score (nSPS) is 32.1. The zero-order valence-corrected chi connectivity index (χ0v) is 7.90. The third-order valence-electron chi connectivity index (χ3n) is 2.97. The lowest BCUT2D eigenvalue weighted by Crippen LogP contribution is -2.19. The molecule has 2 aliphatic carbocycles. The van der Waals surface area contributed by atoms with Crippen molar-refractivity contribution in [1.29, 1.82) is 0 Å². The van der Waals surface area contributed by atoms with E-state index in [1.807, 2.05) is 17.9 Å². The van der Waals surface area contributed by atoms with Gasteiger partial charge < -0.3 is 5.32 Å². The van der Waals surface area contributed by atoms with E-state index in [9.17, 15) is 0 Å². The quantitative estimate of drug-likeness (QED) is 0.747. The van der Waals surface area contributed by atoms with Gasteiger partial charge in [0.2, 0.25) is 0 Å². The fourth-order valence-electron chi connectivity index (χ4n) is 1.93. The standard InChI is InChI=1S/C10H15N3/c1-13-6-7(5-11-13)9-4-10(9)12-8-2-3-8/h5-6,8-10,12H,2-4H2,1H3/t9-,10+/m1/s1. The summed E-state index contributed by atoms with van der Waals surface area (Å²) in [6.45, 7) is 0. The van der Waals surface area contributed by atoms with Crippen LogP contribution in [0.1, 0.15) is 30.7 Å². The Morgan fingerprint density at radius 3 is 3.00 bits per heavy atom. The fraction of sp³-hybridized carbons (Fsp3) is 0.700. The molecule has 2 saturated carbocycles. The van der Waals surface area contributed by atoms with Crippen molar-refractivity contribution in [2.24, 2.45) is 7.05 Å². The van der Waals surface area contributed by atoms with Crippen molar-refractivity contribution in [2.75, 3.05) is 0 Å². The lowest BCUT2D eigenvalue weighted by molar-refractivity contribution is 0.667. The highest BCUT2D eigenvalue weighted by molar-refractivity contribution is 5.23. The van der Waals surface area contributed by atoms with Crippen LogP contribution in [0, 0.1) is 0 Å². The second-order valence-corrected chi connectivity index (χ2v) is 4.34. The molecule has 1 N–H and O–H groups in total. The molecule has 0 amide bonds. The van der Waals surface area contributed by atoms with Gasteiger partial charge in [-0.25, -0.2) is 0 Å². The third kappa shape index (κ3) is 1.48. The summed E-state index contributed by atoms with van der Waals surface area (Å²) in [5.41, 5.74) is 1.40. The smallest absolute Gasteiger partial charge is 0.0525 e. The highest BCUT2D eigenvalue weighted by atomic mass is 15.2. The molecule has 1 aromatic rings. The Balaban J connectivity index is 1.62. The monoisotopic (exact) mass is 177 g/mol. The first-order chi connectivity index (χ1) is 6.33. The minimum absolute atomic E-state index is 0.745. The molecular weight excluding hydrogens is 162 g/mol. The third-order valence-corrected chi connectivity index (χ3v) is 2.97. The first-order valence-electron chi connectivity index (χ1n) is 5.07. The van der Waals surface area contributed by atoms with Crippen molar-refractivity contribution in [3.63, 3.8) is 0 Å². The zero-order valence-electron chi connectivity index (χ0n) is 7.90. The first-order valence-corrected chi connectivity index (χ1v) is 5.07. The van der Waals surface area contributed by atoms with Gasteiger partial charge >= 0.3 is 0 Å². The van der Waals surface area contributed by atoms with Gasteiger partial charge in [0.25, 0.3) is 0 Å². The number of nitrogens with one attached hydrogen (secondary N) is 1. The molecule has 0 aromatic carbocycles. The van der Waals surface area contributed by atoms with Crippen molar-refractivity contribution >= 4 is 0 Å². The van der Waals surface area contributed by atoms with Gasteiger partial charge in [-0.15, -0.1) is 0 Å². The lowest BCUT2D eigenvalue weighted by Gasteiger charge is -1.98. The molecule has 2 fully saturated rings. The van der Waals surface area contributed by atoms with Crippen LogP contribution in [0.3, 0.4) is 0 Å². The molecule has 3 heteroatoms. The van der Waals surface area contributed by atoms with E-state index in [1.54, 1.807) is 0 Å². The minimum Gasteiger partial charge on any atom is -0.311 e. The lowest BCUT2D eigenvalue weighted by atomic mass is 10.2. The van der Waals surface area contributed by atoms with Crippen molar-refractivity contribution in [3.8, 4) is 0 Å². The molecular formula is C10H15N3. The van der Waals surface area contributed by atoms with E-state index in [0.717, 1.165) is 18.0 Å². The summed E-state index contributed by atoms with van der Waals surface area (Å²) in [6.07, 6.45) is 8.22. The molecule has 3 nitrogen and oxygen atoms in total. The van der Waals surface area contributed by atoms with Gasteiger partial charge in [0, 0.05) is 31.2 Å². The summed E-state index contributed by atoms with van der Waals surface area (Å²) < 4.78 is 1.89. The van der Waals surface area contributed by atoms with Crippen LogP contribution >= 0.6 is 0 Å². The van der Waals surface area contributed by atoms with Crippen LogP contribution in [-0.4, -0.2) is 21.9 Å². The Labute approximate surface area is 78.1 Å². The number of aromatic nitrogens is 2. The van der Waals surface area contributed by atoms with Crippen LogP contribution in [-0.2, 0) is 7.05 Å². The largest absolute Gasteiger partial charge is 0.311 e. The molecule has 0 radical (unpaired) electrons. The summed E-state index contributed by atoms with van der Waals surface area (Å²) in [6, 6.07) is 1.59. The highest BCUT2D eigenvalue weighted by Crippen LogP contribution is 2.42. The molecule has 0 saturated heterocycles. The maximum absolute atomic E-state index is 4.20. The maximum Gasteiger partial charge on any atom is 0.0525 e. The average Bonchev–Trinajstić information content (AvgIpc) is 3.00. The van der Waals surface area contributed by atoms with Crippen molar-refractivity contribution in [2.45, 2.75) is 37.3 Å². The Morgan fingerprint density at radius 1 is 1.54 bits per heavy atom. The van der Waals surface area contributed by atoms with Gasteiger partial charge in [0.05, 0.1) is 6.20 Å². The number of nitrogens with zero attached hydrogens (tertiary/aromatic N) is 2. The van der Waals surface area contributed by atoms with E-state index in [4.69, 9.17) is 0 Å². The van der Waals surface area contributed by atoms with Gasteiger partial charge in [0.15, 0.2) is 0 Å². The summed E-state index contributed by atoms with van der Waals surface area (Å²) in [5.74, 6) is 0.745. The predicted octanol–water partition coefficient (Wildman–Crippen LogP) is 1.03. The molecule has 0 unspecified atom stereocenters. The number of hydrogen-bond acceptors (Lipinski definition) is 2. The second kappa shape index (κ2) is 2.58. The highest BCUT2D eigenvalue weighted by Gasteiger charge is 2.41. The molecule has 70 valence electrons. The molecule has 13 heavy (non-hydrogen) atoms. The summed E-state index contributed by atoms with van der Waals surface area (Å²) in [5, 5.41) is 7.84. The van der Waals surface area contributed by atoms with E-state index in [-0.39, 0.29) is 0 Å². The van der Waals surface area contributed by atoms with Gasteiger partial charge in [0.1, 0.15) is 0 Å². The fourth-order valence-corrected chi connectivity index (χ4v) is 1.93.